The monoisotopic (exact) mass is 234 g/mol. The average molecular weight is 234 g/mol. The van der Waals surface area contributed by atoms with Gasteiger partial charge in [-0.25, -0.2) is 9.59 Å². The van der Waals surface area contributed by atoms with Crippen LogP contribution < -0.4 is 10.4 Å². The van der Waals surface area contributed by atoms with Crippen LogP contribution in [0.4, 0.5) is 0 Å². The maximum atomic E-state index is 11.7. The lowest BCUT2D eigenvalue weighted by molar-refractivity contribution is 0.0560. The van der Waals surface area contributed by atoms with E-state index in [0.717, 1.165) is 0 Å². The molecular formula is C12H10O5. The van der Waals surface area contributed by atoms with E-state index in [-0.39, 0.29) is 5.76 Å². The first-order chi connectivity index (χ1) is 8.17. The number of methoxy groups -OCH3 is 2. The van der Waals surface area contributed by atoms with Crippen LogP contribution in [0.25, 0.3) is 10.8 Å². The summed E-state index contributed by atoms with van der Waals surface area (Å²) in [5, 5.41) is 0.878. The number of esters is 1. The topological polar surface area (TPSA) is 65.7 Å². The zero-order valence-corrected chi connectivity index (χ0v) is 9.35. The number of carbonyl (C=O) groups is 1. The summed E-state index contributed by atoms with van der Waals surface area (Å²) < 4.78 is 14.5. The van der Waals surface area contributed by atoms with Crippen molar-refractivity contribution in [1.29, 1.82) is 0 Å². The second-order valence-corrected chi connectivity index (χ2v) is 3.31. The fourth-order valence-corrected chi connectivity index (χ4v) is 1.57. The number of ether oxygens (including phenoxy) is 2. The summed E-state index contributed by atoms with van der Waals surface area (Å²) in [6, 6.07) is 6.41. The van der Waals surface area contributed by atoms with E-state index in [2.05, 4.69) is 4.74 Å². The van der Waals surface area contributed by atoms with Gasteiger partial charge in [0.15, 0.2) is 0 Å². The Labute approximate surface area is 96.6 Å². The third-order valence-corrected chi connectivity index (χ3v) is 2.37. The Balaban J connectivity index is 2.79. The van der Waals surface area contributed by atoms with E-state index in [1.54, 1.807) is 18.2 Å². The van der Waals surface area contributed by atoms with Crippen molar-refractivity contribution in [3.8, 4) is 5.75 Å². The van der Waals surface area contributed by atoms with Gasteiger partial charge in [-0.3, -0.25) is 0 Å². The summed E-state index contributed by atoms with van der Waals surface area (Å²) in [6.07, 6.45) is 0. The zero-order chi connectivity index (χ0) is 12.4. The van der Waals surface area contributed by atoms with Gasteiger partial charge in [0.1, 0.15) is 5.75 Å². The Hall–Kier alpha value is -2.30. The first-order valence-corrected chi connectivity index (χ1v) is 4.86. The molecule has 0 aliphatic carbocycles. The van der Waals surface area contributed by atoms with Crippen molar-refractivity contribution in [2.45, 2.75) is 0 Å². The normalized spacial score (nSPS) is 10.2. The van der Waals surface area contributed by atoms with E-state index in [4.69, 9.17) is 9.15 Å². The van der Waals surface area contributed by atoms with Crippen LogP contribution >= 0.6 is 0 Å². The molecule has 0 aliphatic rings. The molecule has 17 heavy (non-hydrogen) atoms. The Morgan fingerprint density at radius 3 is 2.65 bits per heavy atom. The summed E-state index contributed by atoms with van der Waals surface area (Å²) >= 11 is 0. The van der Waals surface area contributed by atoms with Gasteiger partial charge in [-0.2, -0.15) is 0 Å². The Bertz CT molecular complexity index is 626. The molecule has 5 nitrogen and oxygen atoms in total. The minimum absolute atomic E-state index is 0.144. The number of hydrogen-bond donors (Lipinski definition) is 0. The maximum Gasteiger partial charge on any atom is 0.374 e. The summed E-state index contributed by atoms with van der Waals surface area (Å²) in [5.41, 5.74) is -0.596. The molecule has 0 saturated carbocycles. The van der Waals surface area contributed by atoms with Gasteiger partial charge in [0.25, 0.3) is 0 Å². The molecule has 2 rings (SSSR count). The molecule has 0 atom stereocenters. The SMILES string of the molecule is COC(=O)c1cc2c(OC)cccc2c(=O)o1. The van der Waals surface area contributed by atoms with Gasteiger partial charge in [0.05, 0.1) is 19.6 Å². The first-order valence-electron chi connectivity index (χ1n) is 4.86. The van der Waals surface area contributed by atoms with Crippen molar-refractivity contribution >= 4 is 16.7 Å². The molecule has 88 valence electrons. The van der Waals surface area contributed by atoms with E-state index in [1.807, 2.05) is 0 Å². The number of benzene rings is 1. The Morgan fingerprint density at radius 2 is 2.00 bits per heavy atom. The Kier molecular flexibility index (Phi) is 2.82. The van der Waals surface area contributed by atoms with Crippen LogP contribution in [0.5, 0.6) is 5.75 Å². The average Bonchev–Trinajstić information content (AvgIpc) is 2.37. The van der Waals surface area contributed by atoms with Crippen LogP contribution in [0, 0.1) is 0 Å². The van der Waals surface area contributed by atoms with Crippen molar-refractivity contribution in [2.75, 3.05) is 14.2 Å². The number of fused-ring (bicyclic) bond motifs is 1. The number of carbonyl (C=O) groups excluding carboxylic acids is 1. The molecular weight excluding hydrogens is 224 g/mol. The van der Waals surface area contributed by atoms with Crippen LogP contribution in [0.2, 0.25) is 0 Å². The third kappa shape index (κ3) is 1.87. The fraction of sp³-hybridized carbons (Fsp3) is 0.167. The molecule has 5 heteroatoms. The molecule has 0 bridgehead atoms. The van der Waals surface area contributed by atoms with Gasteiger partial charge in [0, 0.05) is 11.5 Å². The quantitative estimate of drug-likeness (QED) is 0.738. The molecule has 0 saturated heterocycles. The maximum absolute atomic E-state index is 11.7. The molecule has 0 N–H and O–H groups in total. The van der Waals surface area contributed by atoms with Crippen molar-refractivity contribution in [3.63, 3.8) is 0 Å². The molecule has 0 unspecified atom stereocenters. The van der Waals surface area contributed by atoms with Crippen LogP contribution in [0.1, 0.15) is 10.6 Å². The molecule has 0 amide bonds. The van der Waals surface area contributed by atoms with Gasteiger partial charge in [-0.15, -0.1) is 0 Å². The molecule has 1 aromatic carbocycles. The van der Waals surface area contributed by atoms with Gasteiger partial charge in [-0.1, -0.05) is 6.07 Å². The van der Waals surface area contributed by atoms with Crippen molar-refractivity contribution in [1.82, 2.24) is 0 Å². The molecule has 0 radical (unpaired) electrons. The second kappa shape index (κ2) is 4.29. The summed E-state index contributed by atoms with van der Waals surface area (Å²) in [6.45, 7) is 0. The number of rotatable bonds is 2. The fourth-order valence-electron chi connectivity index (χ4n) is 1.57. The smallest absolute Gasteiger partial charge is 0.374 e. The highest BCUT2D eigenvalue weighted by molar-refractivity contribution is 5.94. The highest BCUT2D eigenvalue weighted by Gasteiger charge is 2.14. The second-order valence-electron chi connectivity index (χ2n) is 3.31. The van der Waals surface area contributed by atoms with Crippen molar-refractivity contribution in [2.24, 2.45) is 0 Å². The summed E-state index contributed by atoms with van der Waals surface area (Å²) in [7, 11) is 2.70. The first kappa shape index (κ1) is 11.2. The highest BCUT2D eigenvalue weighted by Crippen LogP contribution is 2.24. The third-order valence-electron chi connectivity index (χ3n) is 2.37. The van der Waals surface area contributed by atoms with E-state index >= 15 is 0 Å². The molecule has 1 heterocycles. The predicted molar refractivity (Wildman–Crippen MR) is 60.4 cm³/mol. The van der Waals surface area contributed by atoms with Crippen LogP contribution in [0.3, 0.4) is 0 Å². The summed E-state index contributed by atoms with van der Waals surface area (Å²) in [4.78, 5) is 23.0. The van der Waals surface area contributed by atoms with Gasteiger partial charge >= 0.3 is 11.6 Å². The van der Waals surface area contributed by atoms with E-state index in [9.17, 15) is 9.59 Å². The molecule has 0 aliphatic heterocycles. The van der Waals surface area contributed by atoms with Crippen molar-refractivity contribution < 1.29 is 18.7 Å². The van der Waals surface area contributed by atoms with E-state index in [1.165, 1.54) is 20.3 Å². The largest absolute Gasteiger partial charge is 0.496 e. The standard InChI is InChI=1S/C12H10O5/c1-15-9-5-3-4-7-8(9)6-10(12(14)16-2)17-11(7)13/h3-6H,1-2H3. The lowest BCUT2D eigenvalue weighted by atomic mass is 10.1. The highest BCUT2D eigenvalue weighted by atomic mass is 16.5. The van der Waals surface area contributed by atoms with Crippen LogP contribution in [0.15, 0.2) is 33.5 Å². The lowest BCUT2D eigenvalue weighted by Crippen LogP contribution is -2.08. The van der Waals surface area contributed by atoms with Crippen LogP contribution in [-0.2, 0) is 4.74 Å². The minimum Gasteiger partial charge on any atom is -0.496 e. The lowest BCUT2D eigenvalue weighted by Gasteiger charge is -2.05. The summed E-state index contributed by atoms with van der Waals surface area (Å²) in [5.74, 6) is -0.343. The molecule has 1 aromatic heterocycles. The van der Waals surface area contributed by atoms with Gasteiger partial charge < -0.3 is 13.9 Å². The van der Waals surface area contributed by atoms with Gasteiger partial charge in [0.2, 0.25) is 5.76 Å². The number of hydrogen-bond acceptors (Lipinski definition) is 5. The van der Waals surface area contributed by atoms with Crippen molar-refractivity contribution in [3.05, 3.63) is 40.4 Å². The molecule has 0 fully saturated rings. The predicted octanol–water partition coefficient (Wildman–Crippen LogP) is 1.59. The molecule has 2 aromatic rings. The van der Waals surface area contributed by atoms with Gasteiger partial charge in [-0.05, 0) is 12.1 Å². The minimum atomic E-state index is -0.699. The van der Waals surface area contributed by atoms with Crippen LogP contribution in [-0.4, -0.2) is 20.2 Å². The zero-order valence-electron chi connectivity index (χ0n) is 9.35. The van der Waals surface area contributed by atoms with E-state index in [0.29, 0.717) is 16.5 Å². The Morgan fingerprint density at radius 1 is 1.24 bits per heavy atom. The van der Waals surface area contributed by atoms with E-state index < -0.39 is 11.6 Å². The molecule has 0 spiro atoms.